The number of hydrogen-bond donors (Lipinski definition) is 2. The lowest BCUT2D eigenvalue weighted by Crippen LogP contribution is -2.60. The summed E-state index contributed by atoms with van der Waals surface area (Å²) in [6, 6.07) is 2.33. The van der Waals surface area contributed by atoms with E-state index in [0.717, 1.165) is 0 Å². The lowest BCUT2D eigenvalue weighted by molar-refractivity contribution is -0.151. The van der Waals surface area contributed by atoms with Gasteiger partial charge in [-0.25, -0.2) is 0 Å². The summed E-state index contributed by atoms with van der Waals surface area (Å²) in [6.45, 7) is 9.70. The molecule has 3 amide bonds. The Morgan fingerprint density at radius 2 is 1.87 bits per heavy atom. The molecular weight excluding hydrogens is 494 g/mol. The smallest absolute Gasteiger partial charge is 0.321 e. The van der Waals surface area contributed by atoms with Crippen LogP contribution in [0.2, 0.25) is 0 Å². The quantitative estimate of drug-likeness (QED) is 0.596. The molecule has 0 spiro atoms. The van der Waals surface area contributed by atoms with Crippen molar-refractivity contribution >= 4 is 28.6 Å². The number of aromatic nitrogens is 2. The first-order valence-electron chi connectivity index (χ1n) is 12.5. The highest BCUT2D eigenvalue weighted by atomic mass is 19.3. The van der Waals surface area contributed by atoms with Crippen molar-refractivity contribution in [3.63, 3.8) is 0 Å². The van der Waals surface area contributed by atoms with E-state index in [-0.39, 0.29) is 23.8 Å². The molecule has 2 aromatic heterocycles. The van der Waals surface area contributed by atoms with Crippen LogP contribution in [-0.2, 0) is 14.4 Å². The highest BCUT2D eigenvalue weighted by Gasteiger charge is 2.70. The van der Waals surface area contributed by atoms with Crippen molar-refractivity contribution in [2.24, 2.45) is 22.7 Å². The Kier molecular flexibility index (Phi) is 6.66. The van der Waals surface area contributed by atoms with Gasteiger partial charge in [0.15, 0.2) is 0 Å². The van der Waals surface area contributed by atoms with Crippen LogP contribution in [0.1, 0.15) is 53.1 Å². The van der Waals surface area contributed by atoms with E-state index in [1.807, 2.05) is 13.8 Å². The van der Waals surface area contributed by atoms with E-state index in [4.69, 9.17) is 0 Å². The van der Waals surface area contributed by atoms with Crippen LogP contribution in [0.5, 0.6) is 0 Å². The Morgan fingerprint density at radius 3 is 2.47 bits per heavy atom. The van der Waals surface area contributed by atoms with Gasteiger partial charge in [-0.3, -0.25) is 24.4 Å². The number of pyridine rings is 2. The summed E-state index contributed by atoms with van der Waals surface area (Å²) in [7, 11) is 0. The number of nitriles is 1. The summed E-state index contributed by atoms with van der Waals surface area (Å²) in [5, 5.41) is 15.6. The molecule has 1 aliphatic heterocycles. The number of amides is 3. The van der Waals surface area contributed by atoms with Gasteiger partial charge in [0.1, 0.15) is 18.1 Å². The molecule has 1 aliphatic carbocycles. The van der Waals surface area contributed by atoms with Crippen LogP contribution >= 0.6 is 0 Å². The van der Waals surface area contributed by atoms with E-state index in [1.165, 1.54) is 11.1 Å². The molecule has 11 heteroatoms. The van der Waals surface area contributed by atoms with E-state index < -0.39 is 47.2 Å². The molecule has 2 aromatic rings. The van der Waals surface area contributed by atoms with Crippen LogP contribution in [0, 0.1) is 34.0 Å². The summed E-state index contributed by atoms with van der Waals surface area (Å²) in [5.74, 6) is -6.53. The Bertz CT molecular complexity index is 1320. The molecule has 2 aliphatic rings. The average Bonchev–Trinajstić information content (AvgIpc) is 3.16. The van der Waals surface area contributed by atoms with Gasteiger partial charge in [-0.1, -0.05) is 34.6 Å². The Balaban J connectivity index is 1.63. The number of hydrogen-bond acceptors (Lipinski definition) is 6. The van der Waals surface area contributed by atoms with E-state index in [0.29, 0.717) is 23.4 Å². The van der Waals surface area contributed by atoms with Crippen molar-refractivity contribution in [3.05, 3.63) is 36.3 Å². The van der Waals surface area contributed by atoms with Crippen LogP contribution in [-0.4, -0.2) is 57.1 Å². The predicted octanol–water partition coefficient (Wildman–Crippen LogP) is 2.98. The molecule has 4 rings (SSSR count). The predicted molar refractivity (Wildman–Crippen MR) is 134 cm³/mol. The Hall–Kier alpha value is -3.68. The van der Waals surface area contributed by atoms with Crippen LogP contribution in [0.4, 0.5) is 8.78 Å². The van der Waals surface area contributed by atoms with E-state index in [2.05, 4.69) is 26.7 Å². The zero-order chi connectivity index (χ0) is 28.2. The van der Waals surface area contributed by atoms with E-state index in [1.54, 1.807) is 45.3 Å². The second kappa shape index (κ2) is 9.26. The Morgan fingerprint density at radius 1 is 1.18 bits per heavy atom. The molecule has 0 bridgehead atoms. The van der Waals surface area contributed by atoms with E-state index >= 15 is 0 Å². The third-order valence-corrected chi connectivity index (χ3v) is 7.81. The maximum absolute atomic E-state index is 13.7. The minimum absolute atomic E-state index is 0.0209. The number of piperidine rings is 1. The Labute approximate surface area is 220 Å². The van der Waals surface area contributed by atoms with Crippen molar-refractivity contribution in [2.45, 2.75) is 65.6 Å². The molecule has 3 heterocycles. The second-order valence-electron chi connectivity index (χ2n) is 11.9. The number of alkyl halides is 2. The van der Waals surface area contributed by atoms with Crippen molar-refractivity contribution < 1.29 is 23.2 Å². The van der Waals surface area contributed by atoms with Crippen LogP contribution in [0.25, 0.3) is 10.9 Å². The van der Waals surface area contributed by atoms with Gasteiger partial charge in [-0.2, -0.15) is 14.0 Å². The lowest BCUT2D eigenvalue weighted by atomic mass is 9.85. The van der Waals surface area contributed by atoms with Crippen molar-refractivity contribution in [2.75, 3.05) is 6.54 Å². The van der Waals surface area contributed by atoms with Gasteiger partial charge in [0, 0.05) is 43.0 Å². The molecule has 5 atom stereocenters. The molecule has 2 unspecified atom stereocenters. The normalized spacial score (nSPS) is 23.7. The number of fused-ring (bicyclic) bond motifs is 2. The highest BCUT2D eigenvalue weighted by molar-refractivity contribution is 5.95. The fraction of sp³-hybridized carbons (Fsp3) is 0.556. The topological polar surface area (TPSA) is 128 Å². The SMILES string of the molecule is CC(F)(F)C(=O)NC(C(=O)N1C[C@H]2[C@@H]([C@H]1C(=O)NC(C#N)c1cncc3cccnc13)C2(C)C)C(C)(C)C. The first kappa shape index (κ1) is 27.4. The van der Waals surface area contributed by atoms with Gasteiger partial charge in [0.2, 0.25) is 11.8 Å². The van der Waals surface area contributed by atoms with Gasteiger partial charge in [0.25, 0.3) is 5.91 Å². The van der Waals surface area contributed by atoms with Crippen LogP contribution < -0.4 is 10.6 Å². The summed E-state index contributed by atoms with van der Waals surface area (Å²) in [6.07, 6.45) is 4.66. The molecule has 2 fully saturated rings. The zero-order valence-corrected chi connectivity index (χ0v) is 22.3. The van der Waals surface area contributed by atoms with Crippen LogP contribution in [0.15, 0.2) is 30.7 Å². The number of carbonyl (C=O) groups is 3. The highest BCUT2D eigenvalue weighted by Crippen LogP contribution is 2.65. The number of halogens is 2. The molecule has 9 nitrogen and oxygen atoms in total. The van der Waals surface area contributed by atoms with Gasteiger partial charge in [-0.15, -0.1) is 0 Å². The first-order valence-corrected chi connectivity index (χ1v) is 12.5. The minimum atomic E-state index is -3.67. The molecule has 0 aromatic carbocycles. The van der Waals surface area contributed by atoms with Gasteiger partial charge < -0.3 is 15.5 Å². The fourth-order valence-electron chi connectivity index (χ4n) is 5.53. The lowest BCUT2D eigenvalue weighted by Gasteiger charge is -2.38. The maximum Gasteiger partial charge on any atom is 0.321 e. The fourth-order valence-corrected chi connectivity index (χ4v) is 5.53. The number of likely N-dealkylation sites (tertiary alicyclic amines) is 1. The van der Waals surface area contributed by atoms with E-state index in [9.17, 15) is 28.4 Å². The number of nitrogens with one attached hydrogen (secondary N) is 2. The molecule has 202 valence electrons. The van der Waals surface area contributed by atoms with Crippen molar-refractivity contribution in [1.29, 1.82) is 5.26 Å². The molecular formula is C27H32F2N6O3. The van der Waals surface area contributed by atoms with Crippen LogP contribution in [0.3, 0.4) is 0 Å². The number of rotatable bonds is 6. The average molecular weight is 527 g/mol. The molecule has 2 N–H and O–H groups in total. The molecule has 38 heavy (non-hydrogen) atoms. The monoisotopic (exact) mass is 526 g/mol. The molecule has 1 saturated heterocycles. The third-order valence-electron chi connectivity index (χ3n) is 7.81. The first-order chi connectivity index (χ1) is 17.6. The van der Waals surface area contributed by atoms with Gasteiger partial charge in [-0.05, 0) is 34.8 Å². The summed E-state index contributed by atoms with van der Waals surface area (Å²) in [5.41, 5.74) is -0.183. The third kappa shape index (κ3) is 4.79. The number of nitrogens with zero attached hydrogens (tertiary/aromatic N) is 4. The molecule has 0 radical (unpaired) electrons. The second-order valence-corrected chi connectivity index (χ2v) is 11.9. The summed E-state index contributed by atoms with van der Waals surface area (Å²) in [4.78, 5) is 49.5. The summed E-state index contributed by atoms with van der Waals surface area (Å²) < 4.78 is 27.4. The minimum Gasteiger partial charge on any atom is -0.339 e. The van der Waals surface area contributed by atoms with Crippen molar-refractivity contribution in [3.8, 4) is 6.07 Å². The number of carbonyl (C=O) groups excluding carboxylic acids is 3. The standard InChI is InChI=1S/C27H32F2N6O3/c1-25(2,3)21(34-24(38)27(6,28)29)23(37)35-13-16-18(26(16,4)5)20(35)22(36)33-17(10-30)15-12-31-11-14-8-7-9-32-19(14)15/h7-9,11-12,16-18,20-21H,13H2,1-6H3,(H,33,36)(H,34,38)/t16-,17?,18-,20-,21?/m0/s1. The van der Waals surface area contributed by atoms with Gasteiger partial charge >= 0.3 is 5.92 Å². The molecule has 1 saturated carbocycles. The van der Waals surface area contributed by atoms with Crippen molar-refractivity contribution in [1.82, 2.24) is 25.5 Å². The van der Waals surface area contributed by atoms with Gasteiger partial charge in [0.05, 0.1) is 11.6 Å². The largest absolute Gasteiger partial charge is 0.339 e. The summed E-state index contributed by atoms with van der Waals surface area (Å²) >= 11 is 0. The zero-order valence-electron chi connectivity index (χ0n) is 22.3. The maximum atomic E-state index is 13.7.